The molecule has 1 heterocycles. The molecule has 2 aromatic carbocycles. The van der Waals surface area contributed by atoms with Crippen molar-refractivity contribution in [3.05, 3.63) is 81.9 Å². The molecule has 214 valence electrons. The first-order valence-corrected chi connectivity index (χ1v) is 13.1. The van der Waals surface area contributed by atoms with Gasteiger partial charge in [0.25, 0.3) is 11.6 Å². The number of carbonyl (C=O) groups excluding carboxylic acids is 3. The first-order chi connectivity index (χ1) is 19.1. The Kier molecular flexibility index (Phi) is 10.5. The van der Waals surface area contributed by atoms with Gasteiger partial charge in [-0.3, -0.25) is 24.5 Å². The van der Waals surface area contributed by atoms with Gasteiger partial charge in [-0.2, -0.15) is 0 Å². The fraction of sp³-hybridized carbons (Fsp3) is 0.414. The van der Waals surface area contributed by atoms with Crippen LogP contribution >= 0.6 is 0 Å². The number of amides is 2. The van der Waals surface area contributed by atoms with Crippen LogP contribution in [0.1, 0.15) is 43.7 Å². The summed E-state index contributed by atoms with van der Waals surface area (Å²) in [4.78, 5) is 51.6. The van der Waals surface area contributed by atoms with Crippen molar-refractivity contribution in [1.29, 1.82) is 0 Å². The molecule has 0 bridgehead atoms. The van der Waals surface area contributed by atoms with Crippen LogP contribution in [0.2, 0.25) is 0 Å². The lowest BCUT2D eigenvalue weighted by Gasteiger charge is -2.27. The number of ether oxygens (including phenoxy) is 1. The number of anilines is 1. The third-order valence-electron chi connectivity index (χ3n) is 7.02. The molecule has 1 aliphatic rings. The minimum absolute atomic E-state index is 0.0273. The molecule has 0 saturated heterocycles. The largest absolute Gasteiger partial charge is 0.469 e. The number of methoxy groups -OCH3 is 1. The third-order valence-corrected chi connectivity index (χ3v) is 7.02. The second kappa shape index (κ2) is 13.8. The number of nitro benzene ring substituents is 1. The normalized spacial score (nSPS) is 17.1. The Balaban J connectivity index is 1.78. The monoisotopic (exact) mass is 553 g/mol. The minimum atomic E-state index is -2.09. The Labute approximate surface area is 232 Å². The van der Waals surface area contributed by atoms with Crippen LogP contribution < -0.4 is 4.90 Å². The Morgan fingerprint density at radius 2 is 1.93 bits per heavy atom. The lowest BCUT2D eigenvalue weighted by molar-refractivity contribution is -0.385. The maximum absolute atomic E-state index is 13.6. The number of hydrogen-bond acceptors (Lipinski definition) is 8. The van der Waals surface area contributed by atoms with Gasteiger partial charge in [0.2, 0.25) is 5.91 Å². The molecule has 2 amide bonds. The summed E-state index contributed by atoms with van der Waals surface area (Å²) in [7, 11) is 1.30. The Hall–Kier alpha value is -4.09. The summed E-state index contributed by atoms with van der Waals surface area (Å²) in [6.45, 7) is 2.10. The zero-order valence-electron chi connectivity index (χ0n) is 22.7. The molecule has 11 nitrogen and oxygen atoms in total. The van der Waals surface area contributed by atoms with Gasteiger partial charge in [0.1, 0.15) is 0 Å². The highest BCUT2D eigenvalue weighted by Crippen LogP contribution is 2.46. The van der Waals surface area contributed by atoms with E-state index in [1.54, 1.807) is 19.1 Å². The number of nitro groups is 1. The van der Waals surface area contributed by atoms with Crippen LogP contribution in [-0.2, 0) is 31.3 Å². The second-order valence-corrected chi connectivity index (χ2v) is 9.66. The van der Waals surface area contributed by atoms with Crippen LogP contribution in [0, 0.1) is 16.0 Å². The fourth-order valence-corrected chi connectivity index (χ4v) is 4.77. The van der Waals surface area contributed by atoms with E-state index in [9.17, 15) is 34.7 Å². The summed E-state index contributed by atoms with van der Waals surface area (Å²) in [5.41, 5.74) is -0.946. The Morgan fingerprint density at radius 3 is 2.58 bits per heavy atom. The van der Waals surface area contributed by atoms with Gasteiger partial charge in [0.05, 0.1) is 24.3 Å². The molecule has 0 radical (unpaired) electrons. The van der Waals surface area contributed by atoms with Gasteiger partial charge >= 0.3 is 5.97 Å². The van der Waals surface area contributed by atoms with Gasteiger partial charge in [-0.25, -0.2) is 0 Å². The van der Waals surface area contributed by atoms with E-state index < -0.39 is 22.3 Å². The molecule has 1 aliphatic heterocycles. The first kappa shape index (κ1) is 30.5. The topological polar surface area (TPSA) is 151 Å². The van der Waals surface area contributed by atoms with Gasteiger partial charge in [-0.1, -0.05) is 49.4 Å². The molecule has 11 heteroatoms. The molecule has 40 heavy (non-hydrogen) atoms. The number of esters is 1. The van der Waals surface area contributed by atoms with Crippen molar-refractivity contribution in [2.75, 3.05) is 31.7 Å². The van der Waals surface area contributed by atoms with E-state index in [2.05, 4.69) is 4.74 Å². The maximum atomic E-state index is 13.6. The smallest absolute Gasteiger partial charge is 0.305 e. The molecule has 0 saturated carbocycles. The number of carbonyl (C=O) groups is 3. The maximum Gasteiger partial charge on any atom is 0.305 e. The second-order valence-electron chi connectivity index (χ2n) is 9.66. The number of fused-ring (bicyclic) bond motifs is 1. The molecule has 0 fully saturated rings. The van der Waals surface area contributed by atoms with E-state index >= 15 is 0 Å². The molecular formula is C29H35N3O8. The first-order valence-electron chi connectivity index (χ1n) is 13.1. The number of benzene rings is 2. The summed E-state index contributed by atoms with van der Waals surface area (Å²) in [5, 5.41) is 32.6. The zero-order chi connectivity index (χ0) is 29.3. The number of rotatable bonds is 14. The zero-order valence-corrected chi connectivity index (χ0v) is 22.7. The molecule has 2 aromatic rings. The molecular weight excluding hydrogens is 518 g/mol. The van der Waals surface area contributed by atoms with Gasteiger partial charge in [0.15, 0.2) is 5.60 Å². The SMILES string of the molecule is COC(=O)CCCCN1C(=O)[C@@](O)([C@@H](C)/C=C/CC(=O)N(CCO)Cc2ccccc2)c2cc([N+](=O)[O-])ccc21. The van der Waals surface area contributed by atoms with Crippen molar-refractivity contribution < 1.29 is 34.3 Å². The van der Waals surface area contributed by atoms with Crippen molar-refractivity contribution >= 4 is 29.2 Å². The van der Waals surface area contributed by atoms with Crippen molar-refractivity contribution in [3.8, 4) is 0 Å². The van der Waals surface area contributed by atoms with Gasteiger partial charge in [0, 0.05) is 56.1 Å². The molecule has 0 spiro atoms. The predicted molar refractivity (Wildman–Crippen MR) is 147 cm³/mol. The van der Waals surface area contributed by atoms with Crippen LogP contribution in [-0.4, -0.2) is 64.6 Å². The van der Waals surface area contributed by atoms with E-state index in [4.69, 9.17) is 0 Å². The molecule has 2 N–H and O–H groups in total. The van der Waals surface area contributed by atoms with Gasteiger partial charge in [-0.15, -0.1) is 0 Å². The number of nitrogens with zero attached hydrogens (tertiary/aromatic N) is 3. The average molecular weight is 554 g/mol. The number of non-ortho nitro benzene ring substituents is 1. The summed E-state index contributed by atoms with van der Waals surface area (Å²) < 4.78 is 4.64. The summed E-state index contributed by atoms with van der Waals surface area (Å²) >= 11 is 0. The van der Waals surface area contributed by atoms with E-state index in [0.717, 1.165) is 5.56 Å². The van der Waals surface area contributed by atoms with Crippen LogP contribution in [0.15, 0.2) is 60.7 Å². The summed E-state index contributed by atoms with van der Waals surface area (Å²) in [5.74, 6) is -2.06. The number of aliphatic hydroxyl groups is 2. The van der Waals surface area contributed by atoms with Crippen molar-refractivity contribution in [3.63, 3.8) is 0 Å². The highest BCUT2D eigenvalue weighted by molar-refractivity contribution is 6.07. The Bertz CT molecular complexity index is 1250. The number of aliphatic hydroxyl groups excluding tert-OH is 1. The Morgan fingerprint density at radius 1 is 1.20 bits per heavy atom. The molecule has 0 aromatic heterocycles. The lowest BCUT2D eigenvalue weighted by atomic mass is 9.82. The average Bonchev–Trinajstić information content (AvgIpc) is 3.17. The van der Waals surface area contributed by atoms with Crippen LogP contribution in [0.3, 0.4) is 0 Å². The number of hydrogen-bond donors (Lipinski definition) is 2. The molecule has 0 unspecified atom stereocenters. The van der Waals surface area contributed by atoms with Crippen LogP contribution in [0.5, 0.6) is 0 Å². The number of unbranched alkanes of at least 4 members (excludes halogenated alkanes) is 1. The molecule has 2 atom stereocenters. The van der Waals surface area contributed by atoms with Crippen LogP contribution in [0.25, 0.3) is 0 Å². The predicted octanol–water partition coefficient (Wildman–Crippen LogP) is 3.08. The highest BCUT2D eigenvalue weighted by Gasteiger charge is 2.53. The van der Waals surface area contributed by atoms with Crippen LogP contribution in [0.4, 0.5) is 11.4 Å². The van der Waals surface area contributed by atoms with Crippen molar-refractivity contribution in [1.82, 2.24) is 4.90 Å². The van der Waals surface area contributed by atoms with Gasteiger partial charge < -0.3 is 24.7 Å². The summed E-state index contributed by atoms with van der Waals surface area (Å²) in [6.07, 6.45) is 4.18. The minimum Gasteiger partial charge on any atom is -0.469 e. The summed E-state index contributed by atoms with van der Waals surface area (Å²) in [6, 6.07) is 13.3. The third kappa shape index (κ3) is 6.91. The quantitative estimate of drug-likeness (QED) is 0.119. The van der Waals surface area contributed by atoms with Crippen molar-refractivity contribution in [2.24, 2.45) is 5.92 Å². The van der Waals surface area contributed by atoms with E-state index in [1.807, 2.05) is 30.3 Å². The fourth-order valence-electron chi connectivity index (χ4n) is 4.77. The highest BCUT2D eigenvalue weighted by atomic mass is 16.6. The van der Waals surface area contributed by atoms with E-state index in [0.29, 0.717) is 25.1 Å². The van der Waals surface area contributed by atoms with Crippen molar-refractivity contribution in [2.45, 2.75) is 44.8 Å². The van der Waals surface area contributed by atoms with E-state index in [-0.39, 0.29) is 55.7 Å². The standard InChI is InChI=1S/C29H35N3O8/c1-21(9-8-12-26(34)30(17-18-33)20-22-10-4-3-5-11-22)29(37)24-19-23(32(38)39)14-15-25(24)31(28(29)36)16-7-6-13-27(35)40-2/h3-5,8-11,14-15,19,21,33,37H,6-7,12-13,16-18,20H2,1-2H3/b9-8+/t21-,29+/m0/s1. The molecule has 0 aliphatic carbocycles. The molecule has 3 rings (SSSR count). The van der Waals surface area contributed by atoms with Gasteiger partial charge in [-0.05, 0) is 24.5 Å². The lowest BCUT2D eigenvalue weighted by Crippen LogP contribution is -2.44. The van der Waals surface area contributed by atoms with E-state index in [1.165, 1.54) is 35.1 Å².